The molecular formula is C23H23F3N4O3S. The molecule has 2 heterocycles. The molecule has 7 nitrogen and oxygen atoms in total. The van der Waals surface area contributed by atoms with Gasteiger partial charge in [-0.15, -0.1) is 0 Å². The second-order valence-corrected chi connectivity index (χ2v) is 8.84. The van der Waals surface area contributed by atoms with Crippen molar-refractivity contribution < 1.29 is 27.4 Å². The maximum atomic E-state index is 12.7. The molecule has 1 atom stereocenters. The zero-order valence-corrected chi connectivity index (χ0v) is 19.1. The number of carbonyl (C=O) groups excluding carboxylic acids is 1. The van der Waals surface area contributed by atoms with Gasteiger partial charge in [-0.05, 0) is 47.4 Å². The van der Waals surface area contributed by atoms with Crippen LogP contribution in [0.5, 0.6) is 5.88 Å². The van der Waals surface area contributed by atoms with E-state index in [9.17, 15) is 18.0 Å². The SMILES string of the molecule is COCOc1nc(NC[C@@H](N)Cc2ccc(C(F)(F)F)cc2)sc1-c1ccc2c(c1)CC(=O)N2. The van der Waals surface area contributed by atoms with E-state index in [0.717, 1.165) is 33.8 Å². The molecule has 0 aliphatic carbocycles. The van der Waals surface area contributed by atoms with Gasteiger partial charge in [0.25, 0.3) is 0 Å². The summed E-state index contributed by atoms with van der Waals surface area (Å²) in [5.74, 6) is 0.347. The molecular weight excluding hydrogens is 469 g/mol. The van der Waals surface area contributed by atoms with E-state index < -0.39 is 11.7 Å². The minimum atomic E-state index is -4.36. The van der Waals surface area contributed by atoms with Gasteiger partial charge in [-0.1, -0.05) is 29.5 Å². The highest BCUT2D eigenvalue weighted by Crippen LogP contribution is 2.40. The molecule has 11 heteroatoms. The standard InChI is InChI=1S/C23H23F3N4O3S/c1-32-12-33-21-20(14-4-7-18-15(9-14)10-19(31)29-18)34-22(30-21)28-11-17(27)8-13-2-5-16(6-3-13)23(24,25)26/h2-7,9,17H,8,10-12,27H2,1H3,(H,28,30)(H,29,31)/t17-/m0/s1. The van der Waals surface area contributed by atoms with Gasteiger partial charge in [-0.2, -0.15) is 18.2 Å². The van der Waals surface area contributed by atoms with Crippen LogP contribution >= 0.6 is 11.3 Å². The molecule has 0 spiro atoms. The van der Waals surface area contributed by atoms with E-state index in [1.54, 1.807) is 0 Å². The summed E-state index contributed by atoms with van der Waals surface area (Å²) in [6, 6.07) is 10.3. The lowest BCUT2D eigenvalue weighted by Gasteiger charge is -2.13. The van der Waals surface area contributed by atoms with E-state index in [-0.39, 0.29) is 18.7 Å². The van der Waals surface area contributed by atoms with E-state index in [1.807, 2.05) is 18.2 Å². The Balaban J connectivity index is 1.43. The number of hydrogen-bond acceptors (Lipinski definition) is 7. The number of benzene rings is 2. The lowest BCUT2D eigenvalue weighted by atomic mass is 10.0. The summed E-state index contributed by atoms with van der Waals surface area (Å²) in [6.45, 7) is 0.384. The number of nitrogens with two attached hydrogens (primary N) is 1. The number of anilines is 2. The Morgan fingerprint density at radius 2 is 2.00 bits per heavy atom. The molecule has 180 valence electrons. The van der Waals surface area contributed by atoms with Gasteiger partial charge in [0, 0.05) is 25.4 Å². The van der Waals surface area contributed by atoms with Crippen molar-refractivity contribution in [1.29, 1.82) is 0 Å². The van der Waals surface area contributed by atoms with Crippen LogP contribution in [0.1, 0.15) is 16.7 Å². The number of alkyl halides is 3. The van der Waals surface area contributed by atoms with Crippen LogP contribution in [0.15, 0.2) is 42.5 Å². The largest absolute Gasteiger partial charge is 0.449 e. The van der Waals surface area contributed by atoms with Crippen molar-refractivity contribution in [2.75, 3.05) is 31.1 Å². The lowest BCUT2D eigenvalue weighted by Crippen LogP contribution is -2.31. The zero-order chi connectivity index (χ0) is 24.3. The summed E-state index contributed by atoms with van der Waals surface area (Å²) in [4.78, 5) is 16.9. The van der Waals surface area contributed by atoms with Crippen molar-refractivity contribution in [3.05, 3.63) is 59.2 Å². The molecule has 1 aromatic heterocycles. The van der Waals surface area contributed by atoms with E-state index in [1.165, 1.54) is 30.6 Å². The lowest BCUT2D eigenvalue weighted by molar-refractivity contribution is -0.137. The number of thiazole rings is 1. The Bertz CT molecular complexity index is 1170. The molecule has 1 amide bonds. The van der Waals surface area contributed by atoms with Crippen LogP contribution in [0.4, 0.5) is 24.0 Å². The van der Waals surface area contributed by atoms with E-state index >= 15 is 0 Å². The Morgan fingerprint density at radius 3 is 2.71 bits per heavy atom. The van der Waals surface area contributed by atoms with Crippen LogP contribution < -0.4 is 21.1 Å². The topological polar surface area (TPSA) is 98.5 Å². The number of amides is 1. The fourth-order valence-electron chi connectivity index (χ4n) is 3.57. The number of fused-ring (bicyclic) bond motifs is 1. The Kier molecular flexibility index (Phi) is 7.05. The summed E-state index contributed by atoms with van der Waals surface area (Å²) < 4.78 is 48.8. The number of nitrogens with zero attached hydrogens (tertiary/aromatic N) is 1. The molecule has 4 rings (SSSR count). The van der Waals surface area contributed by atoms with Gasteiger partial charge in [0.05, 0.1) is 12.0 Å². The average Bonchev–Trinajstić information content (AvgIpc) is 3.37. The van der Waals surface area contributed by atoms with Crippen LogP contribution in [0.25, 0.3) is 10.4 Å². The van der Waals surface area contributed by atoms with E-state index in [2.05, 4.69) is 15.6 Å². The molecule has 0 unspecified atom stereocenters. The van der Waals surface area contributed by atoms with Crippen molar-refractivity contribution in [2.24, 2.45) is 5.73 Å². The first-order valence-electron chi connectivity index (χ1n) is 10.4. The molecule has 1 aliphatic rings. The quantitative estimate of drug-likeness (QED) is 0.386. The van der Waals surface area contributed by atoms with Gasteiger partial charge in [-0.3, -0.25) is 4.79 Å². The third-order valence-electron chi connectivity index (χ3n) is 5.20. The normalized spacial score (nSPS) is 14.0. The van der Waals surface area contributed by atoms with Crippen LogP contribution in [-0.2, 0) is 28.5 Å². The summed E-state index contributed by atoms with van der Waals surface area (Å²) in [5, 5.41) is 6.57. The molecule has 34 heavy (non-hydrogen) atoms. The van der Waals surface area contributed by atoms with Gasteiger partial charge in [-0.25, -0.2) is 0 Å². The molecule has 2 aromatic carbocycles. The highest BCUT2D eigenvalue weighted by atomic mass is 32.1. The van der Waals surface area contributed by atoms with E-state index in [0.29, 0.717) is 36.0 Å². The predicted molar refractivity (Wildman–Crippen MR) is 124 cm³/mol. The predicted octanol–water partition coefficient (Wildman–Crippen LogP) is 4.29. The average molecular weight is 493 g/mol. The minimum Gasteiger partial charge on any atom is -0.449 e. The van der Waals surface area contributed by atoms with Crippen molar-refractivity contribution in [2.45, 2.75) is 25.1 Å². The second-order valence-electron chi connectivity index (χ2n) is 7.84. The number of methoxy groups -OCH3 is 1. The van der Waals surface area contributed by atoms with Crippen molar-refractivity contribution in [1.82, 2.24) is 4.98 Å². The number of rotatable bonds is 9. The highest BCUT2D eigenvalue weighted by Gasteiger charge is 2.30. The van der Waals surface area contributed by atoms with Crippen molar-refractivity contribution in [3.8, 4) is 16.3 Å². The summed E-state index contributed by atoms with van der Waals surface area (Å²) in [7, 11) is 1.51. The van der Waals surface area contributed by atoms with Gasteiger partial charge >= 0.3 is 6.18 Å². The number of ether oxygens (including phenoxy) is 2. The molecule has 0 radical (unpaired) electrons. The first-order chi connectivity index (χ1) is 16.2. The maximum Gasteiger partial charge on any atom is 0.416 e. The zero-order valence-electron chi connectivity index (χ0n) is 18.2. The third-order valence-corrected chi connectivity index (χ3v) is 6.24. The molecule has 0 bridgehead atoms. The smallest absolute Gasteiger partial charge is 0.416 e. The minimum absolute atomic E-state index is 0.0224. The molecule has 3 aromatic rings. The van der Waals surface area contributed by atoms with E-state index in [4.69, 9.17) is 15.2 Å². The number of halogens is 3. The van der Waals surface area contributed by atoms with Gasteiger partial charge in [0.1, 0.15) is 4.88 Å². The monoisotopic (exact) mass is 492 g/mol. The third kappa shape index (κ3) is 5.66. The molecule has 4 N–H and O–H groups in total. The Labute approximate surface area is 198 Å². The summed E-state index contributed by atoms with van der Waals surface area (Å²) in [6.07, 6.45) is -3.64. The molecule has 0 saturated heterocycles. The fourth-order valence-corrected chi connectivity index (χ4v) is 4.48. The number of nitrogens with one attached hydrogen (secondary N) is 2. The molecule has 0 saturated carbocycles. The first kappa shape index (κ1) is 24.0. The van der Waals surface area contributed by atoms with Crippen molar-refractivity contribution >= 4 is 28.1 Å². The second kappa shape index (κ2) is 10.00. The Morgan fingerprint density at radius 1 is 1.24 bits per heavy atom. The molecule has 1 aliphatic heterocycles. The fraction of sp³-hybridized carbons (Fsp3) is 0.304. The number of aromatic nitrogens is 1. The van der Waals surface area contributed by atoms with Gasteiger partial charge in [0.2, 0.25) is 11.8 Å². The summed E-state index contributed by atoms with van der Waals surface area (Å²) >= 11 is 1.37. The van der Waals surface area contributed by atoms with Crippen LogP contribution in [0, 0.1) is 0 Å². The van der Waals surface area contributed by atoms with Crippen LogP contribution in [0.2, 0.25) is 0 Å². The highest BCUT2D eigenvalue weighted by molar-refractivity contribution is 7.19. The summed E-state index contributed by atoms with van der Waals surface area (Å²) in [5.41, 5.74) is 8.78. The maximum absolute atomic E-state index is 12.7. The first-order valence-corrected chi connectivity index (χ1v) is 11.3. The van der Waals surface area contributed by atoms with Crippen LogP contribution in [0.3, 0.4) is 0 Å². The number of hydrogen-bond donors (Lipinski definition) is 3. The Hall–Kier alpha value is -3.15. The molecule has 0 fully saturated rings. The van der Waals surface area contributed by atoms with Gasteiger partial charge in [0.15, 0.2) is 11.9 Å². The van der Waals surface area contributed by atoms with Crippen molar-refractivity contribution in [3.63, 3.8) is 0 Å². The van der Waals surface area contributed by atoms with Gasteiger partial charge < -0.3 is 25.8 Å². The van der Waals surface area contributed by atoms with Crippen LogP contribution in [-0.4, -0.2) is 37.4 Å². The number of carbonyl (C=O) groups is 1.